The highest BCUT2D eigenvalue weighted by atomic mass is 16.3. The molecule has 3 unspecified atom stereocenters. The molecule has 1 aliphatic heterocycles. The van der Waals surface area contributed by atoms with Gasteiger partial charge in [0.1, 0.15) is 0 Å². The van der Waals surface area contributed by atoms with Gasteiger partial charge in [-0.05, 0) is 39.7 Å². The number of nitrogens with zero attached hydrogens (tertiary/aromatic N) is 1. The van der Waals surface area contributed by atoms with Crippen molar-refractivity contribution in [1.82, 2.24) is 10.2 Å². The summed E-state index contributed by atoms with van der Waals surface area (Å²) in [6.07, 6.45) is 1.78. The third-order valence-corrected chi connectivity index (χ3v) is 4.27. The number of likely N-dealkylation sites (N-methyl/N-ethyl adjacent to an activating group) is 1. The number of rotatable bonds is 2. The number of carbonyl (C=O) groups excluding carboxylic acids is 1. The standard InChI is InChI=1S/C12H22N2O2/c1-12(2,13-3)11(16)14-6-8-4-5-10(15)9(8)7-14/h8-10,13,15H,4-7H2,1-3H3. The third-order valence-electron chi connectivity index (χ3n) is 4.27. The van der Waals surface area contributed by atoms with Crippen LogP contribution in [0.5, 0.6) is 0 Å². The molecule has 0 bridgehead atoms. The second-order valence-electron chi connectivity index (χ2n) is 5.65. The highest BCUT2D eigenvalue weighted by molar-refractivity contribution is 5.85. The first kappa shape index (κ1) is 11.9. The summed E-state index contributed by atoms with van der Waals surface area (Å²) in [7, 11) is 1.81. The summed E-state index contributed by atoms with van der Waals surface area (Å²) in [6.45, 7) is 5.36. The van der Waals surface area contributed by atoms with Crippen LogP contribution in [0, 0.1) is 11.8 Å². The molecule has 0 radical (unpaired) electrons. The molecule has 1 aliphatic carbocycles. The predicted molar refractivity (Wildman–Crippen MR) is 61.9 cm³/mol. The number of carbonyl (C=O) groups is 1. The molecule has 1 amide bonds. The Kier molecular flexibility index (Phi) is 2.97. The number of hydrogen-bond acceptors (Lipinski definition) is 3. The van der Waals surface area contributed by atoms with E-state index < -0.39 is 5.54 Å². The maximum atomic E-state index is 12.2. The second-order valence-corrected chi connectivity index (χ2v) is 5.65. The minimum Gasteiger partial charge on any atom is -0.393 e. The molecule has 16 heavy (non-hydrogen) atoms. The van der Waals surface area contributed by atoms with Crippen LogP contribution in [0.3, 0.4) is 0 Å². The number of fused-ring (bicyclic) bond motifs is 1. The summed E-state index contributed by atoms with van der Waals surface area (Å²) in [5.41, 5.74) is -0.496. The van der Waals surface area contributed by atoms with Gasteiger partial charge < -0.3 is 15.3 Å². The van der Waals surface area contributed by atoms with E-state index in [0.29, 0.717) is 11.8 Å². The molecule has 2 N–H and O–H groups in total. The Labute approximate surface area is 97.0 Å². The van der Waals surface area contributed by atoms with Gasteiger partial charge >= 0.3 is 0 Å². The van der Waals surface area contributed by atoms with Crippen molar-refractivity contribution in [2.24, 2.45) is 11.8 Å². The van der Waals surface area contributed by atoms with E-state index in [9.17, 15) is 9.90 Å². The van der Waals surface area contributed by atoms with Crippen molar-refractivity contribution in [2.45, 2.75) is 38.3 Å². The van der Waals surface area contributed by atoms with Crippen molar-refractivity contribution in [2.75, 3.05) is 20.1 Å². The first-order chi connectivity index (χ1) is 7.45. The van der Waals surface area contributed by atoms with Gasteiger partial charge in [-0.1, -0.05) is 0 Å². The van der Waals surface area contributed by atoms with Gasteiger partial charge in [0, 0.05) is 19.0 Å². The molecule has 0 spiro atoms. The summed E-state index contributed by atoms with van der Waals surface area (Å²) < 4.78 is 0. The Balaban J connectivity index is 2.02. The zero-order valence-electron chi connectivity index (χ0n) is 10.4. The first-order valence-electron chi connectivity index (χ1n) is 6.12. The number of hydrogen-bond donors (Lipinski definition) is 2. The largest absolute Gasteiger partial charge is 0.393 e. The molecular formula is C12H22N2O2. The lowest BCUT2D eigenvalue weighted by atomic mass is 10.00. The normalized spacial score (nSPS) is 34.2. The lowest BCUT2D eigenvalue weighted by Crippen LogP contribution is -2.52. The number of likely N-dealkylation sites (tertiary alicyclic amines) is 1. The van der Waals surface area contributed by atoms with E-state index in [2.05, 4.69) is 5.32 Å². The fourth-order valence-corrected chi connectivity index (χ4v) is 2.90. The van der Waals surface area contributed by atoms with Crippen molar-refractivity contribution < 1.29 is 9.90 Å². The van der Waals surface area contributed by atoms with E-state index in [0.717, 1.165) is 25.9 Å². The summed E-state index contributed by atoms with van der Waals surface area (Å²) >= 11 is 0. The molecule has 4 nitrogen and oxygen atoms in total. The van der Waals surface area contributed by atoms with E-state index in [4.69, 9.17) is 0 Å². The van der Waals surface area contributed by atoms with Gasteiger partial charge in [-0.15, -0.1) is 0 Å². The minimum absolute atomic E-state index is 0.150. The van der Waals surface area contributed by atoms with Crippen LogP contribution in [-0.4, -0.2) is 47.7 Å². The van der Waals surface area contributed by atoms with Gasteiger partial charge in [-0.2, -0.15) is 0 Å². The van der Waals surface area contributed by atoms with Crippen LogP contribution >= 0.6 is 0 Å². The van der Waals surface area contributed by atoms with E-state index in [1.165, 1.54) is 0 Å². The van der Waals surface area contributed by atoms with Crippen LogP contribution in [0.15, 0.2) is 0 Å². The Bertz CT molecular complexity index is 291. The molecule has 92 valence electrons. The highest BCUT2D eigenvalue weighted by Gasteiger charge is 2.45. The van der Waals surface area contributed by atoms with E-state index >= 15 is 0 Å². The average Bonchev–Trinajstić information content (AvgIpc) is 2.80. The van der Waals surface area contributed by atoms with Crippen LogP contribution < -0.4 is 5.32 Å². The Morgan fingerprint density at radius 3 is 2.62 bits per heavy atom. The molecule has 2 rings (SSSR count). The second kappa shape index (κ2) is 4.00. The molecular weight excluding hydrogens is 204 g/mol. The molecule has 3 atom stereocenters. The van der Waals surface area contributed by atoms with Crippen molar-refractivity contribution in [3.63, 3.8) is 0 Å². The van der Waals surface area contributed by atoms with Crippen molar-refractivity contribution in [3.05, 3.63) is 0 Å². The van der Waals surface area contributed by atoms with Gasteiger partial charge in [0.05, 0.1) is 11.6 Å². The van der Waals surface area contributed by atoms with E-state index in [1.54, 1.807) is 0 Å². The molecule has 0 aromatic heterocycles. The molecule has 0 aromatic carbocycles. The minimum atomic E-state index is -0.496. The van der Waals surface area contributed by atoms with Crippen LogP contribution in [0.2, 0.25) is 0 Å². The summed E-state index contributed by atoms with van der Waals surface area (Å²) in [5.74, 6) is 0.986. The number of aliphatic hydroxyl groups excluding tert-OH is 1. The van der Waals surface area contributed by atoms with Crippen LogP contribution in [0.1, 0.15) is 26.7 Å². The van der Waals surface area contributed by atoms with Crippen molar-refractivity contribution >= 4 is 5.91 Å². The van der Waals surface area contributed by atoms with Gasteiger partial charge in [-0.3, -0.25) is 4.79 Å². The Hall–Kier alpha value is -0.610. The van der Waals surface area contributed by atoms with E-state index in [-0.39, 0.29) is 12.0 Å². The maximum absolute atomic E-state index is 12.2. The van der Waals surface area contributed by atoms with E-state index in [1.807, 2.05) is 25.8 Å². The van der Waals surface area contributed by atoms with Gasteiger partial charge in [0.25, 0.3) is 0 Å². The number of nitrogens with one attached hydrogen (secondary N) is 1. The summed E-state index contributed by atoms with van der Waals surface area (Å²) in [6, 6.07) is 0. The van der Waals surface area contributed by atoms with Crippen LogP contribution in [0.4, 0.5) is 0 Å². The monoisotopic (exact) mass is 226 g/mol. The quantitative estimate of drug-likeness (QED) is 0.708. The number of amides is 1. The molecule has 4 heteroatoms. The average molecular weight is 226 g/mol. The predicted octanol–water partition coefficient (Wildman–Crippen LogP) is 0.214. The fourth-order valence-electron chi connectivity index (χ4n) is 2.90. The lowest BCUT2D eigenvalue weighted by molar-refractivity contribution is -0.136. The molecule has 1 saturated carbocycles. The molecule has 1 saturated heterocycles. The van der Waals surface area contributed by atoms with Gasteiger partial charge in [-0.25, -0.2) is 0 Å². The summed E-state index contributed by atoms with van der Waals surface area (Å²) in [4.78, 5) is 14.1. The molecule has 1 heterocycles. The number of aliphatic hydroxyl groups is 1. The van der Waals surface area contributed by atoms with Gasteiger partial charge in [0.2, 0.25) is 5.91 Å². The Morgan fingerprint density at radius 1 is 1.38 bits per heavy atom. The van der Waals surface area contributed by atoms with Crippen LogP contribution in [-0.2, 0) is 4.79 Å². The topological polar surface area (TPSA) is 52.6 Å². The van der Waals surface area contributed by atoms with Crippen molar-refractivity contribution in [3.8, 4) is 0 Å². The zero-order chi connectivity index (χ0) is 11.9. The molecule has 2 fully saturated rings. The van der Waals surface area contributed by atoms with Gasteiger partial charge in [0.15, 0.2) is 0 Å². The third kappa shape index (κ3) is 1.84. The molecule has 0 aromatic rings. The first-order valence-corrected chi connectivity index (χ1v) is 6.12. The van der Waals surface area contributed by atoms with Crippen molar-refractivity contribution in [1.29, 1.82) is 0 Å². The molecule has 2 aliphatic rings. The highest BCUT2D eigenvalue weighted by Crippen LogP contribution is 2.38. The smallest absolute Gasteiger partial charge is 0.242 e. The van der Waals surface area contributed by atoms with Crippen LogP contribution in [0.25, 0.3) is 0 Å². The SMILES string of the molecule is CNC(C)(C)C(=O)N1CC2CCC(O)C2C1. The fraction of sp³-hybridized carbons (Fsp3) is 0.917. The Morgan fingerprint density at radius 2 is 2.06 bits per heavy atom. The zero-order valence-corrected chi connectivity index (χ0v) is 10.4. The maximum Gasteiger partial charge on any atom is 0.242 e. The summed E-state index contributed by atoms with van der Waals surface area (Å²) in [5, 5.41) is 12.8. The lowest BCUT2D eigenvalue weighted by Gasteiger charge is -2.29.